The summed E-state index contributed by atoms with van der Waals surface area (Å²) in [6.45, 7) is 2.01. The maximum Gasteiger partial charge on any atom is 0.358 e. The number of halogens is 1. The van der Waals surface area contributed by atoms with Crippen molar-refractivity contribution in [3.63, 3.8) is 0 Å². The highest BCUT2D eigenvalue weighted by molar-refractivity contribution is 6.31. The Morgan fingerprint density at radius 3 is 2.85 bits per heavy atom. The molecule has 0 fully saturated rings. The second-order valence-electron chi connectivity index (χ2n) is 4.50. The van der Waals surface area contributed by atoms with E-state index in [1.807, 2.05) is 31.3 Å². The molecule has 1 aromatic carbocycles. The van der Waals surface area contributed by atoms with Gasteiger partial charge in [-0.2, -0.15) is 0 Å². The summed E-state index contributed by atoms with van der Waals surface area (Å²) in [6, 6.07) is 7.69. The Labute approximate surface area is 121 Å². The van der Waals surface area contributed by atoms with Crippen molar-refractivity contribution in [3.8, 4) is 0 Å². The second-order valence-corrected chi connectivity index (χ2v) is 4.91. The summed E-state index contributed by atoms with van der Waals surface area (Å²) < 4.78 is 1.52. The topological polar surface area (TPSA) is 71.2 Å². The summed E-state index contributed by atoms with van der Waals surface area (Å²) in [6.07, 6.45) is 1.42. The third-order valence-corrected chi connectivity index (χ3v) is 3.24. The normalized spacial score (nSPS) is 10.9. The highest BCUT2D eigenvalue weighted by Gasteiger charge is 2.09. The first-order chi connectivity index (χ1) is 9.56. The zero-order valence-electron chi connectivity index (χ0n) is 11.0. The van der Waals surface area contributed by atoms with Crippen LogP contribution in [0, 0.1) is 0 Å². The van der Waals surface area contributed by atoms with E-state index in [0.717, 1.165) is 17.1 Å². The SMILES string of the molecule is CN(CCn1cc(C(=O)O)nn1)Cc1ccccc1Cl. The first kappa shape index (κ1) is 14.5. The molecule has 1 N–H and O–H groups in total. The molecule has 2 aromatic rings. The van der Waals surface area contributed by atoms with Gasteiger partial charge in [0.1, 0.15) is 0 Å². The van der Waals surface area contributed by atoms with E-state index in [1.165, 1.54) is 10.9 Å². The lowest BCUT2D eigenvalue weighted by molar-refractivity contribution is 0.0690. The van der Waals surface area contributed by atoms with Gasteiger partial charge in [-0.15, -0.1) is 5.10 Å². The lowest BCUT2D eigenvalue weighted by Gasteiger charge is -2.17. The van der Waals surface area contributed by atoms with Gasteiger partial charge >= 0.3 is 5.97 Å². The van der Waals surface area contributed by atoms with Crippen molar-refractivity contribution >= 4 is 17.6 Å². The lowest BCUT2D eigenvalue weighted by Crippen LogP contribution is -2.23. The zero-order chi connectivity index (χ0) is 14.5. The Morgan fingerprint density at radius 1 is 1.45 bits per heavy atom. The van der Waals surface area contributed by atoms with Crippen molar-refractivity contribution < 1.29 is 9.90 Å². The highest BCUT2D eigenvalue weighted by atomic mass is 35.5. The predicted octanol–water partition coefficient (Wildman–Crippen LogP) is 1.76. The Bertz CT molecular complexity index is 600. The molecule has 0 bridgehead atoms. The van der Waals surface area contributed by atoms with Crippen molar-refractivity contribution in [2.75, 3.05) is 13.6 Å². The number of carboxylic acid groups (broad SMARTS) is 1. The molecule has 0 radical (unpaired) electrons. The Hall–Kier alpha value is -1.92. The molecule has 7 heteroatoms. The van der Waals surface area contributed by atoms with E-state index >= 15 is 0 Å². The number of aromatic nitrogens is 3. The third kappa shape index (κ3) is 3.79. The van der Waals surface area contributed by atoms with Crippen molar-refractivity contribution in [1.29, 1.82) is 0 Å². The van der Waals surface area contributed by atoms with Crippen LogP contribution in [0.3, 0.4) is 0 Å². The van der Waals surface area contributed by atoms with Gasteiger partial charge < -0.3 is 10.0 Å². The van der Waals surface area contributed by atoms with Crippen LogP contribution in [0.15, 0.2) is 30.5 Å². The molecule has 106 valence electrons. The van der Waals surface area contributed by atoms with Crippen molar-refractivity contribution in [3.05, 3.63) is 46.7 Å². The van der Waals surface area contributed by atoms with Gasteiger partial charge in [0.25, 0.3) is 0 Å². The smallest absolute Gasteiger partial charge is 0.358 e. The number of benzene rings is 1. The average Bonchev–Trinajstić information content (AvgIpc) is 2.88. The number of aromatic carboxylic acids is 1. The number of likely N-dealkylation sites (N-methyl/N-ethyl adjacent to an activating group) is 1. The van der Waals surface area contributed by atoms with Crippen molar-refractivity contribution in [1.82, 2.24) is 19.9 Å². The molecule has 0 unspecified atom stereocenters. The maximum atomic E-state index is 10.7. The number of rotatable bonds is 6. The Kier molecular flexibility index (Phi) is 4.70. The van der Waals surface area contributed by atoms with Crippen LogP contribution in [0.2, 0.25) is 5.02 Å². The fraction of sp³-hybridized carbons (Fsp3) is 0.308. The first-order valence-corrected chi connectivity index (χ1v) is 6.49. The molecular formula is C13H15ClN4O2. The molecule has 20 heavy (non-hydrogen) atoms. The number of carbonyl (C=O) groups is 1. The molecule has 1 aromatic heterocycles. The van der Waals surface area contributed by atoms with Crippen LogP contribution in [0.25, 0.3) is 0 Å². The highest BCUT2D eigenvalue weighted by Crippen LogP contribution is 2.16. The molecule has 1 heterocycles. The van der Waals surface area contributed by atoms with E-state index in [2.05, 4.69) is 15.2 Å². The van der Waals surface area contributed by atoms with Crippen LogP contribution < -0.4 is 0 Å². The van der Waals surface area contributed by atoms with E-state index in [4.69, 9.17) is 16.7 Å². The van der Waals surface area contributed by atoms with E-state index in [0.29, 0.717) is 13.1 Å². The van der Waals surface area contributed by atoms with Gasteiger partial charge in [-0.1, -0.05) is 35.0 Å². The van der Waals surface area contributed by atoms with Crippen molar-refractivity contribution in [2.45, 2.75) is 13.1 Å². The van der Waals surface area contributed by atoms with Gasteiger partial charge in [-0.05, 0) is 18.7 Å². The van der Waals surface area contributed by atoms with E-state index in [-0.39, 0.29) is 5.69 Å². The fourth-order valence-corrected chi connectivity index (χ4v) is 1.97. The molecule has 0 aliphatic rings. The van der Waals surface area contributed by atoms with Gasteiger partial charge in [-0.25, -0.2) is 4.79 Å². The fourth-order valence-electron chi connectivity index (χ4n) is 1.78. The van der Waals surface area contributed by atoms with Crippen molar-refractivity contribution in [2.24, 2.45) is 0 Å². The molecule has 0 saturated carbocycles. The molecule has 0 saturated heterocycles. The van der Waals surface area contributed by atoms with Crippen LogP contribution in [0.4, 0.5) is 0 Å². The lowest BCUT2D eigenvalue weighted by atomic mass is 10.2. The second kappa shape index (κ2) is 6.49. The van der Waals surface area contributed by atoms with E-state index < -0.39 is 5.97 Å². The predicted molar refractivity (Wildman–Crippen MR) is 74.8 cm³/mol. The zero-order valence-corrected chi connectivity index (χ0v) is 11.8. The summed E-state index contributed by atoms with van der Waals surface area (Å²) in [5.41, 5.74) is 1.01. The molecule has 0 aliphatic carbocycles. The minimum Gasteiger partial charge on any atom is -0.476 e. The minimum atomic E-state index is -1.07. The summed E-state index contributed by atoms with van der Waals surface area (Å²) in [5, 5.41) is 16.8. The average molecular weight is 295 g/mol. The largest absolute Gasteiger partial charge is 0.476 e. The minimum absolute atomic E-state index is 0.0428. The molecule has 2 rings (SSSR count). The van der Waals surface area contributed by atoms with Gasteiger partial charge in [-0.3, -0.25) is 4.68 Å². The standard InChI is InChI=1S/C13H15ClN4O2/c1-17(8-10-4-2-3-5-11(10)14)6-7-18-9-12(13(19)20)15-16-18/h2-5,9H,6-8H2,1H3,(H,19,20). The van der Waals surface area contributed by atoms with Gasteiger partial charge in [0.05, 0.1) is 12.7 Å². The first-order valence-electron chi connectivity index (χ1n) is 6.11. The third-order valence-electron chi connectivity index (χ3n) is 2.87. The van der Waals surface area contributed by atoms with Crippen LogP contribution in [0.1, 0.15) is 16.1 Å². The quantitative estimate of drug-likeness (QED) is 0.879. The molecule has 6 nitrogen and oxygen atoms in total. The summed E-state index contributed by atoms with van der Waals surface area (Å²) in [4.78, 5) is 12.8. The van der Waals surface area contributed by atoms with Crippen LogP contribution in [-0.4, -0.2) is 44.6 Å². The molecule has 0 atom stereocenters. The maximum absolute atomic E-state index is 10.7. The summed E-state index contributed by atoms with van der Waals surface area (Å²) in [7, 11) is 1.97. The molecule has 0 aliphatic heterocycles. The molecular weight excluding hydrogens is 280 g/mol. The Balaban J connectivity index is 1.87. The monoisotopic (exact) mass is 294 g/mol. The Morgan fingerprint density at radius 2 is 2.20 bits per heavy atom. The van der Waals surface area contributed by atoms with Crippen LogP contribution in [-0.2, 0) is 13.1 Å². The molecule has 0 spiro atoms. The van der Waals surface area contributed by atoms with Gasteiger partial charge in [0.15, 0.2) is 5.69 Å². The number of carboxylic acids is 1. The van der Waals surface area contributed by atoms with Crippen LogP contribution >= 0.6 is 11.6 Å². The van der Waals surface area contributed by atoms with Gasteiger partial charge in [0, 0.05) is 18.1 Å². The van der Waals surface area contributed by atoms with Gasteiger partial charge in [0.2, 0.25) is 0 Å². The summed E-state index contributed by atoms with van der Waals surface area (Å²) in [5.74, 6) is -1.07. The van der Waals surface area contributed by atoms with Crippen LogP contribution in [0.5, 0.6) is 0 Å². The van der Waals surface area contributed by atoms with E-state index in [1.54, 1.807) is 0 Å². The number of hydrogen-bond donors (Lipinski definition) is 1. The summed E-state index contributed by atoms with van der Waals surface area (Å²) >= 11 is 6.10. The molecule has 0 amide bonds. The number of nitrogens with zero attached hydrogens (tertiary/aromatic N) is 4. The van der Waals surface area contributed by atoms with E-state index in [9.17, 15) is 4.79 Å². The number of hydrogen-bond acceptors (Lipinski definition) is 4.